The van der Waals surface area contributed by atoms with Crippen molar-refractivity contribution in [1.29, 1.82) is 0 Å². The van der Waals surface area contributed by atoms with E-state index in [2.05, 4.69) is 5.32 Å². The van der Waals surface area contributed by atoms with Crippen molar-refractivity contribution in [2.75, 3.05) is 13.7 Å². The molecule has 128 valence electrons. The molecule has 24 heavy (non-hydrogen) atoms. The molecule has 0 unspecified atom stereocenters. The highest BCUT2D eigenvalue weighted by Crippen LogP contribution is 2.20. The third-order valence-corrected chi connectivity index (χ3v) is 4.61. The first kappa shape index (κ1) is 16.9. The Labute approximate surface area is 141 Å². The zero-order valence-corrected chi connectivity index (χ0v) is 13.9. The maximum absolute atomic E-state index is 12.9. The zero-order valence-electron chi connectivity index (χ0n) is 13.9. The lowest BCUT2D eigenvalue weighted by Crippen LogP contribution is -2.37. The van der Waals surface area contributed by atoms with E-state index in [1.54, 1.807) is 13.2 Å². The quantitative estimate of drug-likeness (QED) is 0.884. The van der Waals surface area contributed by atoms with Crippen molar-refractivity contribution in [2.45, 2.75) is 38.4 Å². The highest BCUT2D eigenvalue weighted by atomic mass is 19.1. The molecule has 1 aliphatic carbocycles. The molecule has 0 spiro atoms. The molecule has 0 saturated carbocycles. The number of ether oxygens (including phenoxy) is 1. The van der Waals surface area contributed by atoms with Crippen LogP contribution in [0.2, 0.25) is 0 Å². The summed E-state index contributed by atoms with van der Waals surface area (Å²) >= 11 is 0. The molecule has 1 aliphatic rings. The minimum Gasteiger partial charge on any atom is -0.383 e. The Morgan fingerprint density at radius 1 is 1.25 bits per heavy atom. The third kappa shape index (κ3) is 3.91. The van der Waals surface area contributed by atoms with Crippen molar-refractivity contribution in [3.05, 3.63) is 69.4 Å². The second-order valence-corrected chi connectivity index (χ2v) is 6.24. The molecule has 0 radical (unpaired) electrons. The molecule has 0 bridgehead atoms. The molecule has 1 atom stereocenters. The summed E-state index contributed by atoms with van der Waals surface area (Å²) < 4.78 is 19.9. The van der Waals surface area contributed by atoms with Gasteiger partial charge in [0, 0.05) is 38.0 Å². The fourth-order valence-corrected chi connectivity index (χ4v) is 3.29. The Bertz CT molecular complexity index is 740. The first-order valence-corrected chi connectivity index (χ1v) is 8.35. The van der Waals surface area contributed by atoms with Crippen molar-refractivity contribution in [3.8, 4) is 0 Å². The number of pyridine rings is 1. The van der Waals surface area contributed by atoms with Gasteiger partial charge in [0.05, 0.1) is 6.61 Å². The predicted octanol–water partition coefficient (Wildman–Crippen LogP) is 2.28. The number of aromatic nitrogens is 1. The first-order valence-electron chi connectivity index (χ1n) is 8.35. The Morgan fingerprint density at radius 3 is 2.79 bits per heavy atom. The van der Waals surface area contributed by atoms with Crippen molar-refractivity contribution < 1.29 is 9.13 Å². The van der Waals surface area contributed by atoms with E-state index in [0.717, 1.165) is 37.1 Å². The van der Waals surface area contributed by atoms with E-state index in [1.165, 1.54) is 17.7 Å². The minimum absolute atomic E-state index is 0.0449. The Hall–Kier alpha value is -1.98. The van der Waals surface area contributed by atoms with Gasteiger partial charge in [-0.05, 0) is 42.5 Å². The summed E-state index contributed by atoms with van der Waals surface area (Å²) in [5, 5.41) is 3.54. The number of nitrogens with zero attached hydrogens (tertiary/aromatic N) is 1. The average Bonchev–Trinajstić information content (AvgIpc) is 2.60. The number of rotatable bonds is 6. The largest absolute Gasteiger partial charge is 0.383 e. The van der Waals surface area contributed by atoms with Crippen LogP contribution in [0.15, 0.2) is 41.2 Å². The number of fused-ring (bicyclic) bond motifs is 1. The van der Waals surface area contributed by atoms with E-state index in [0.29, 0.717) is 19.2 Å². The summed E-state index contributed by atoms with van der Waals surface area (Å²) in [7, 11) is 1.65. The van der Waals surface area contributed by atoms with E-state index >= 15 is 0 Å². The van der Waals surface area contributed by atoms with Gasteiger partial charge in [0.1, 0.15) is 5.82 Å². The number of benzene rings is 1. The number of halogens is 1. The number of hydrogen-bond donors (Lipinski definition) is 1. The van der Waals surface area contributed by atoms with Crippen LogP contribution in [-0.4, -0.2) is 24.3 Å². The molecule has 1 aromatic heterocycles. The van der Waals surface area contributed by atoms with Gasteiger partial charge in [-0.1, -0.05) is 18.2 Å². The van der Waals surface area contributed by atoms with Crippen molar-refractivity contribution in [1.82, 2.24) is 9.88 Å². The molecule has 1 heterocycles. The summed E-state index contributed by atoms with van der Waals surface area (Å²) in [5.41, 5.74) is 3.49. The summed E-state index contributed by atoms with van der Waals surface area (Å²) in [5.74, 6) is -0.209. The fourth-order valence-electron chi connectivity index (χ4n) is 3.29. The Balaban J connectivity index is 1.66. The molecular formula is C19H23FN2O2. The van der Waals surface area contributed by atoms with Gasteiger partial charge in [-0.15, -0.1) is 0 Å². The second kappa shape index (κ2) is 7.73. The second-order valence-electron chi connectivity index (χ2n) is 6.24. The van der Waals surface area contributed by atoms with Gasteiger partial charge in [0.15, 0.2) is 0 Å². The van der Waals surface area contributed by atoms with Crippen molar-refractivity contribution >= 4 is 0 Å². The number of hydrogen-bond acceptors (Lipinski definition) is 3. The maximum Gasteiger partial charge on any atom is 0.250 e. The normalized spacial score (nSPS) is 16.8. The van der Waals surface area contributed by atoms with Crippen LogP contribution < -0.4 is 10.9 Å². The molecule has 0 fully saturated rings. The van der Waals surface area contributed by atoms with E-state index in [1.807, 2.05) is 22.8 Å². The summed E-state index contributed by atoms with van der Waals surface area (Å²) in [6, 6.07) is 10.6. The van der Waals surface area contributed by atoms with E-state index in [9.17, 15) is 9.18 Å². The average molecular weight is 330 g/mol. The highest BCUT2D eigenvalue weighted by Gasteiger charge is 2.21. The standard InChI is InChI=1S/C19H23FN2O2/c1-24-11-10-22-18-8-7-17(12-15(18)4-9-19(22)23)21-13-14-2-5-16(20)6-3-14/h2-6,9,17,21H,7-8,10-13H2,1H3/t17-/m0/s1. The first-order chi connectivity index (χ1) is 11.7. The molecule has 0 amide bonds. The number of nitrogens with one attached hydrogen (secondary N) is 1. The van der Waals surface area contributed by atoms with Gasteiger partial charge in [-0.25, -0.2) is 4.39 Å². The van der Waals surface area contributed by atoms with E-state index in [4.69, 9.17) is 4.74 Å². The summed E-state index contributed by atoms with van der Waals surface area (Å²) in [4.78, 5) is 12.1. The Morgan fingerprint density at radius 2 is 2.04 bits per heavy atom. The predicted molar refractivity (Wildman–Crippen MR) is 91.6 cm³/mol. The molecular weight excluding hydrogens is 307 g/mol. The van der Waals surface area contributed by atoms with Gasteiger partial charge in [0.2, 0.25) is 0 Å². The molecule has 0 saturated heterocycles. The highest BCUT2D eigenvalue weighted by molar-refractivity contribution is 5.26. The monoisotopic (exact) mass is 330 g/mol. The molecule has 2 aromatic rings. The van der Waals surface area contributed by atoms with Crippen molar-refractivity contribution in [3.63, 3.8) is 0 Å². The van der Waals surface area contributed by atoms with Crippen LogP contribution in [0.4, 0.5) is 4.39 Å². The van der Waals surface area contributed by atoms with Crippen molar-refractivity contribution in [2.24, 2.45) is 0 Å². The van der Waals surface area contributed by atoms with Crippen LogP contribution >= 0.6 is 0 Å². The van der Waals surface area contributed by atoms with Gasteiger partial charge in [-0.3, -0.25) is 4.79 Å². The zero-order chi connectivity index (χ0) is 16.9. The van der Waals surface area contributed by atoms with Crippen LogP contribution in [0.5, 0.6) is 0 Å². The molecule has 1 aromatic carbocycles. The third-order valence-electron chi connectivity index (χ3n) is 4.61. The topological polar surface area (TPSA) is 43.3 Å². The molecule has 3 rings (SSSR count). The van der Waals surface area contributed by atoms with E-state index in [-0.39, 0.29) is 11.4 Å². The van der Waals surface area contributed by atoms with Crippen LogP contribution in [0.25, 0.3) is 0 Å². The van der Waals surface area contributed by atoms with Crippen LogP contribution in [-0.2, 0) is 30.7 Å². The fraction of sp³-hybridized carbons (Fsp3) is 0.421. The molecule has 5 heteroatoms. The molecule has 4 nitrogen and oxygen atoms in total. The Kier molecular flexibility index (Phi) is 5.43. The summed E-state index contributed by atoms with van der Waals surface area (Å²) in [6.07, 6.45) is 2.78. The minimum atomic E-state index is -0.209. The number of methoxy groups -OCH3 is 1. The van der Waals surface area contributed by atoms with E-state index < -0.39 is 0 Å². The summed E-state index contributed by atoms with van der Waals surface area (Å²) in [6.45, 7) is 1.87. The lowest BCUT2D eigenvalue weighted by Gasteiger charge is -2.28. The van der Waals surface area contributed by atoms with Gasteiger partial charge in [0.25, 0.3) is 5.56 Å². The van der Waals surface area contributed by atoms with Gasteiger partial charge in [-0.2, -0.15) is 0 Å². The lowest BCUT2D eigenvalue weighted by atomic mass is 9.91. The van der Waals surface area contributed by atoms with Crippen LogP contribution in [0, 0.1) is 5.82 Å². The lowest BCUT2D eigenvalue weighted by molar-refractivity contribution is 0.184. The molecule has 0 aliphatic heterocycles. The van der Waals surface area contributed by atoms with Crippen LogP contribution in [0.1, 0.15) is 23.2 Å². The van der Waals surface area contributed by atoms with Gasteiger partial charge >= 0.3 is 0 Å². The maximum atomic E-state index is 12.9. The van der Waals surface area contributed by atoms with Gasteiger partial charge < -0.3 is 14.6 Å². The SMILES string of the molecule is COCCn1c2c(ccc1=O)C[C@@H](NCc1ccc(F)cc1)CC2. The van der Waals surface area contributed by atoms with Crippen LogP contribution in [0.3, 0.4) is 0 Å². The molecule has 1 N–H and O–H groups in total. The smallest absolute Gasteiger partial charge is 0.250 e.